The van der Waals surface area contributed by atoms with Gasteiger partial charge in [0.2, 0.25) is 0 Å². The predicted molar refractivity (Wildman–Crippen MR) is 81.2 cm³/mol. The number of aromatic nitrogens is 1. The van der Waals surface area contributed by atoms with Crippen molar-refractivity contribution in [1.29, 1.82) is 5.26 Å². The van der Waals surface area contributed by atoms with Crippen molar-refractivity contribution in [2.24, 2.45) is 5.84 Å². The molecule has 4 N–H and O–H groups in total. The maximum absolute atomic E-state index is 12.2. The molecule has 106 valence electrons. The fraction of sp³-hybridized carbons (Fsp3) is 0. The van der Waals surface area contributed by atoms with Gasteiger partial charge in [-0.05, 0) is 30.3 Å². The molecule has 21 heavy (non-hydrogen) atoms. The molecular weight excluding hydrogens is 313 g/mol. The number of hydrogen-bond donors (Lipinski definition) is 3. The zero-order chi connectivity index (χ0) is 15.4. The molecule has 2 aromatic rings. The average Bonchev–Trinajstić information content (AvgIpc) is 2.48. The van der Waals surface area contributed by atoms with Gasteiger partial charge in [-0.15, -0.1) is 0 Å². The minimum Gasteiger partial charge on any atom is -0.321 e. The number of hydrogen-bond acceptors (Lipinski definition) is 5. The Kier molecular flexibility index (Phi) is 4.60. The van der Waals surface area contributed by atoms with Crippen LogP contribution >= 0.6 is 23.2 Å². The van der Waals surface area contributed by atoms with Gasteiger partial charge in [0.25, 0.3) is 5.91 Å². The molecule has 6 nitrogen and oxygen atoms in total. The van der Waals surface area contributed by atoms with E-state index in [1.54, 1.807) is 6.07 Å². The number of carbonyl (C=O) groups excluding carboxylic acids is 1. The third-order valence-electron chi connectivity index (χ3n) is 2.55. The van der Waals surface area contributed by atoms with Crippen molar-refractivity contribution in [2.45, 2.75) is 0 Å². The Bertz CT molecular complexity index is 742. The first-order valence-electron chi connectivity index (χ1n) is 5.68. The molecule has 8 heteroatoms. The summed E-state index contributed by atoms with van der Waals surface area (Å²) in [7, 11) is 0. The molecule has 0 saturated carbocycles. The lowest BCUT2D eigenvalue weighted by molar-refractivity contribution is 0.102. The third kappa shape index (κ3) is 3.61. The number of nitrogens with zero attached hydrogens (tertiary/aromatic N) is 2. The van der Waals surface area contributed by atoms with Crippen LogP contribution in [0, 0.1) is 11.3 Å². The topological polar surface area (TPSA) is 104 Å². The third-order valence-corrected chi connectivity index (χ3v) is 3.07. The molecule has 1 amide bonds. The summed E-state index contributed by atoms with van der Waals surface area (Å²) in [4.78, 5) is 16.0. The number of nitrogens with one attached hydrogen (secondary N) is 2. The Labute approximate surface area is 130 Å². The Balaban J connectivity index is 2.30. The molecular formula is C13H9Cl2N5O. The summed E-state index contributed by atoms with van der Waals surface area (Å²) in [5.41, 5.74) is 3.27. The van der Waals surface area contributed by atoms with Crippen LogP contribution in [0.25, 0.3) is 0 Å². The van der Waals surface area contributed by atoms with Crippen molar-refractivity contribution < 1.29 is 4.79 Å². The summed E-state index contributed by atoms with van der Waals surface area (Å²) < 4.78 is 0. The van der Waals surface area contributed by atoms with Crippen LogP contribution in [0.4, 0.5) is 11.5 Å². The van der Waals surface area contributed by atoms with E-state index in [0.29, 0.717) is 16.3 Å². The van der Waals surface area contributed by atoms with E-state index in [1.165, 1.54) is 24.3 Å². The molecule has 1 aromatic heterocycles. The number of rotatable bonds is 3. The lowest BCUT2D eigenvalue weighted by atomic mass is 10.2. The molecule has 0 bridgehead atoms. The van der Waals surface area contributed by atoms with Gasteiger partial charge < -0.3 is 10.7 Å². The molecule has 0 aliphatic rings. The van der Waals surface area contributed by atoms with E-state index in [2.05, 4.69) is 15.7 Å². The highest BCUT2D eigenvalue weighted by Gasteiger charge is 2.11. The number of anilines is 2. The van der Waals surface area contributed by atoms with Gasteiger partial charge in [-0.1, -0.05) is 23.2 Å². The van der Waals surface area contributed by atoms with Crippen LogP contribution in [0.5, 0.6) is 0 Å². The average molecular weight is 322 g/mol. The molecule has 2 rings (SSSR count). The van der Waals surface area contributed by atoms with Crippen molar-refractivity contribution in [1.82, 2.24) is 4.98 Å². The molecule has 1 aromatic carbocycles. The van der Waals surface area contributed by atoms with Gasteiger partial charge in [0.1, 0.15) is 11.0 Å². The second-order valence-electron chi connectivity index (χ2n) is 3.97. The number of benzene rings is 1. The van der Waals surface area contributed by atoms with Crippen LogP contribution in [0.1, 0.15) is 15.9 Å². The van der Waals surface area contributed by atoms with Crippen LogP contribution in [-0.4, -0.2) is 10.9 Å². The van der Waals surface area contributed by atoms with E-state index in [1.807, 2.05) is 6.07 Å². The molecule has 0 saturated heterocycles. The lowest BCUT2D eigenvalue weighted by Gasteiger charge is -2.09. The van der Waals surface area contributed by atoms with Crippen LogP contribution in [-0.2, 0) is 0 Å². The maximum Gasteiger partial charge on any atom is 0.255 e. The summed E-state index contributed by atoms with van der Waals surface area (Å²) in [5.74, 6) is 5.05. The van der Waals surface area contributed by atoms with Gasteiger partial charge in [-0.2, -0.15) is 5.26 Å². The Morgan fingerprint density at radius 2 is 2.05 bits per heavy atom. The van der Waals surface area contributed by atoms with Gasteiger partial charge in [0, 0.05) is 5.56 Å². The lowest BCUT2D eigenvalue weighted by Crippen LogP contribution is -2.15. The number of nitrogens with two attached hydrogens (primary N) is 1. The van der Waals surface area contributed by atoms with Crippen LogP contribution in [0.15, 0.2) is 30.3 Å². The number of pyridine rings is 1. The van der Waals surface area contributed by atoms with E-state index in [0.717, 1.165) is 0 Å². The second-order valence-corrected chi connectivity index (χ2v) is 4.76. The van der Waals surface area contributed by atoms with Crippen LogP contribution < -0.4 is 16.6 Å². The largest absolute Gasteiger partial charge is 0.321 e. The van der Waals surface area contributed by atoms with Crippen molar-refractivity contribution in [3.05, 3.63) is 51.6 Å². The van der Waals surface area contributed by atoms with E-state index in [4.69, 9.17) is 34.3 Å². The first-order valence-corrected chi connectivity index (χ1v) is 6.44. The number of nitriles is 1. The molecule has 0 spiro atoms. The summed E-state index contributed by atoms with van der Waals surface area (Å²) in [5, 5.41) is 11.9. The zero-order valence-corrected chi connectivity index (χ0v) is 12.0. The van der Waals surface area contributed by atoms with Crippen molar-refractivity contribution in [3.8, 4) is 6.07 Å². The number of amides is 1. The Morgan fingerprint density at radius 1 is 1.29 bits per heavy atom. The summed E-state index contributed by atoms with van der Waals surface area (Å²) >= 11 is 11.8. The first kappa shape index (κ1) is 15.1. The monoisotopic (exact) mass is 321 g/mol. The number of hydrazine groups is 1. The van der Waals surface area contributed by atoms with Crippen LogP contribution in [0.3, 0.4) is 0 Å². The standard InChI is InChI=1S/C13H9Cl2N5O/c14-9-2-1-7(6-16)3-10(9)18-13(21)8-4-11(15)19-12(5-8)20-17/h1-5H,17H2,(H,18,21)(H,19,20). The SMILES string of the molecule is N#Cc1ccc(Cl)c(NC(=O)c2cc(Cl)nc(NN)c2)c1. The zero-order valence-electron chi connectivity index (χ0n) is 10.5. The Morgan fingerprint density at radius 3 is 2.71 bits per heavy atom. The van der Waals surface area contributed by atoms with E-state index in [9.17, 15) is 4.79 Å². The van der Waals surface area contributed by atoms with Gasteiger partial charge in [-0.25, -0.2) is 10.8 Å². The first-order chi connectivity index (χ1) is 10.0. The van der Waals surface area contributed by atoms with Crippen molar-refractivity contribution >= 4 is 40.6 Å². The van der Waals surface area contributed by atoms with Gasteiger partial charge >= 0.3 is 0 Å². The van der Waals surface area contributed by atoms with Gasteiger partial charge in [0.05, 0.1) is 22.3 Å². The minimum absolute atomic E-state index is 0.118. The second kappa shape index (κ2) is 6.41. The molecule has 0 unspecified atom stereocenters. The fourth-order valence-electron chi connectivity index (χ4n) is 1.59. The summed E-state index contributed by atoms with van der Waals surface area (Å²) in [6.45, 7) is 0. The van der Waals surface area contributed by atoms with Crippen molar-refractivity contribution in [2.75, 3.05) is 10.7 Å². The van der Waals surface area contributed by atoms with Gasteiger partial charge in [0.15, 0.2) is 0 Å². The highest BCUT2D eigenvalue weighted by molar-refractivity contribution is 6.34. The number of nitrogen functional groups attached to an aromatic ring is 1. The normalized spacial score (nSPS) is 9.81. The molecule has 0 radical (unpaired) electrons. The number of halogens is 2. The quantitative estimate of drug-likeness (QED) is 0.458. The fourth-order valence-corrected chi connectivity index (χ4v) is 1.96. The summed E-state index contributed by atoms with van der Waals surface area (Å²) in [6.07, 6.45) is 0. The summed E-state index contributed by atoms with van der Waals surface area (Å²) in [6, 6.07) is 9.35. The Hall–Kier alpha value is -2.33. The highest BCUT2D eigenvalue weighted by atomic mass is 35.5. The molecule has 0 fully saturated rings. The predicted octanol–water partition coefficient (Wildman–Crippen LogP) is 2.80. The maximum atomic E-state index is 12.2. The highest BCUT2D eigenvalue weighted by Crippen LogP contribution is 2.24. The molecule has 0 atom stereocenters. The molecule has 1 heterocycles. The van der Waals surface area contributed by atoms with Crippen molar-refractivity contribution in [3.63, 3.8) is 0 Å². The smallest absolute Gasteiger partial charge is 0.255 e. The molecule has 0 aliphatic carbocycles. The van der Waals surface area contributed by atoms with Crippen LogP contribution in [0.2, 0.25) is 10.2 Å². The molecule has 0 aliphatic heterocycles. The van der Waals surface area contributed by atoms with E-state index in [-0.39, 0.29) is 16.5 Å². The van der Waals surface area contributed by atoms with E-state index >= 15 is 0 Å². The minimum atomic E-state index is -0.451. The van der Waals surface area contributed by atoms with E-state index < -0.39 is 5.91 Å². The van der Waals surface area contributed by atoms with Gasteiger partial charge in [-0.3, -0.25) is 4.79 Å². The number of carbonyl (C=O) groups is 1.